The van der Waals surface area contributed by atoms with E-state index in [2.05, 4.69) is 41.2 Å². The first kappa shape index (κ1) is 14.5. The second-order valence-electron chi connectivity index (χ2n) is 6.18. The maximum atomic E-state index is 12.9. The Morgan fingerprint density at radius 3 is 2.76 bits per heavy atom. The molecule has 1 aromatic rings. The van der Waals surface area contributed by atoms with E-state index in [1.807, 2.05) is 6.07 Å². The van der Waals surface area contributed by atoms with Crippen LogP contribution in [0.2, 0.25) is 0 Å². The fourth-order valence-corrected chi connectivity index (χ4v) is 3.39. The van der Waals surface area contributed by atoms with Gasteiger partial charge in [-0.2, -0.15) is 0 Å². The number of fused-ring (bicyclic) bond motifs is 1. The molecule has 0 saturated carbocycles. The predicted octanol–water partition coefficient (Wildman–Crippen LogP) is 1.86. The number of benzene rings is 1. The van der Waals surface area contributed by atoms with E-state index >= 15 is 0 Å². The van der Waals surface area contributed by atoms with E-state index < -0.39 is 0 Å². The van der Waals surface area contributed by atoms with Crippen molar-refractivity contribution in [2.75, 3.05) is 45.1 Å². The number of carbonyl (C=O) groups excluding carboxylic acids is 1. The van der Waals surface area contributed by atoms with Crippen LogP contribution >= 0.6 is 0 Å². The lowest BCUT2D eigenvalue weighted by Crippen LogP contribution is -2.51. The number of nitrogens with one attached hydrogen (secondary N) is 1. The van der Waals surface area contributed by atoms with E-state index in [1.165, 1.54) is 11.3 Å². The van der Waals surface area contributed by atoms with Crippen molar-refractivity contribution in [2.24, 2.45) is 0 Å². The predicted molar refractivity (Wildman–Crippen MR) is 86.1 cm³/mol. The summed E-state index contributed by atoms with van der Waals surface area (Å²) in [4.78, 5) is 17.6. The van der Waals surface area contributed by atoms with Crippen LogP contribution in [0.5, 0.6) is 0 Å². The molecule has 4 heteroatoms. The minimum absolute atomic E-state index is 0.0334. The van der Waals surface area contributed by atoms with Gasteiger partial charge in [0, 0.05) is 44.0 Å². The van der Waals surface area contributed by atoms with Crippen molar-refractivity contribution in [1.29, 1.82) is 0 Å². The number of anilines is 1. The molecule has 0 radical (unpaired) electrons. The molecule has 0 spiro atoms. The minimum atomic E-state index is 0.0334. The summed E-state index contributed by atoms with van der Waals surface area (Å²) in [6, 6.07) is 6.17. The Kier molecular flexibility index (Phi) is 4.27. The highest BCUT2D eigenvalue weighted by molar-refractivity contribution is 6.00. The highest BCUT2D eigenvalue weighted by Crippen LogP contribution is 2.24. The normalized spacial score (nSPS) is 20.9. The van der Waals surface area contributed by atoms with Gasteiger partial charge in [0.2, 0.25) is 0 Å². The number of likely N-dealkylation sites (N-methyl/N-ethyl adjacent to an activating group) is 1. The van der Waals surface area contributed by atoms with Crippen molar-refractivity contribution in [3.8, 4) is 0 Å². The first-order chi connectivity index (χ1) is 10.2. The Bertz CT molecular complexity index is 521. The summed E-state index contributed by atoms with van der Waals surface area (Å²) < 4.78 is 0. The van der Waals surface area contributed by atoms with Gasteiger partial charge >= 0.3 is 0 Å². The second kappa shape index (κ2) is 6.16. The number of Topliss-reactive ketones (excluding diaryl/α,β-unsaturated/α-hetero) is 1. The molecule has 3 rings (SSSR count). The van der Waals surface area contributed by atoms with E-state index in [-0.39, 0.29) is 11.8 Å². The first-order valence-corrected chi connectivity index (χ1v) is 8.02. The molecular weight excluding hydrogens is 262 g/mol. The van der Waals surface area contributed by atoms with Gasteiger partial charge in [-0.25, -0.2) is 0 Å². The molecule has 2 aliphatic rings. The SMILES string of the molecule is CCC(C(=O)c1ccc2c(c1)CCN2)N1CCN(C)CC1. The Morgan fingerprint density at radius 2 is 2.05 bits per heavy atom. The summed E-state index contributed by atoms with van der Waals surface area (Å²) in [7, 11) is 2.15. The third-order valence-corrected chi connectivity index (χ3v) is 4.77. The average Bonchev–Trinajstić information content (AvgIpc) is 2.97. The third kappa shape index (κ3) is 2.97. The van der Waals surface area contributed by atoms with Gasteiger partial charge in [0.1, 0.15) is 0 Å². The van der Waals surface area contributed by atoms with Crippen LogP contribution in [-0.2, 0) is 6.42 Å². The molecule has 0 amide bonds. The Labute approximate surface area is 127 Å². The maximum absolute atomic E-state index is 12.9. The molecule has 1 atom stereocenters. The van der Waals surface area contributed by atoms with E-state index in [9.17, 15) is 4.79 Å². The number of carbonyl (C=O) groups is 1. The lowest BCUT2D eigenvalue weighted by Gasteiger charge is -2.37. The van der Waals surface area contributed by atoms with E-state index in [0.717, 1.165) is 51.1 Å². The zero-order valence-corrected chi connectivity index (χ0v) is 13.1. The second-order valence-corrected chi connectivity index (χ2v) is 6.18. The van der Waals surface area contributed by atoms with Crippen molar-refractivity contribution in [3.05, 3.63) is 29.3 Å². The minimum Gasteiger partial charge on any atom is -0.384 e. The van der Waals surface area contributed by atoms with Crippen LogP contribution in [0.15, 0.2) is 18.2 Å². The summed E-state index contributed by atoms with van der Waals surface area (Å²) in [5, 5.41) is 3.35. The standard InChI is InChI=1S/C17H25N3O/c1-3-16(20-10-8-19(2)9-11-20)17(21)14-4-5-15-13(12-14)6-7-18-15/h4-5,12,16,18H,3,6-11H2,1-2H3. The molecule has 0 aromatic heterocycles. The van der Waals surface area contributed by atoms with Crippen molar-refractivity contribution < 1.29 is 4.79 Å². The number of hydrogen-bond donors (Lipinski definition) is 1. The van der Waals surface area contributed by atoms with Crippen LogP contribution in [0.25, 0.3) is 0 Å². The Morgan fingerprint density at radius 1 is 1.29 bits per heavy atom. The van der Waals surface area contributed by atoms with Crippen LogP contribution in [0.4, 0.5) is 5.69 Å². The molecule has 1 unspecified atom stereocenters. The monoisotopic (exact) mass is 287 g/mol. The fraction of sp³-hybridized carbons (Fsp3) is 0.588. The highest BCUT2D eigenvalue weighted by Gasteiger charge is 2.28. The van der Waals surface area contributed by atoms with Crippen LogP contribution < -0.4 is 5.32 Å². The lowest BCUT2D eigenvalue weighted by atomic mass is 9.97. The van der Waals surface area contributed by atoms with Gasteiger partial charge in [0.25, 0.3) is 0 Å². The quantitative estimate of drug-likeness (QED) is 0.858. The van der Waals surface area contributed by atoms with Gasteiger partial charge in [-0.1, -0.05) is 6.92 Å². The largest absolute Gasteiger partial charge is 0.384 e. The molecule has 4 nitrogen and oxygen atoms in total. The van der Waals surface area contributed by atoms with Crippen LogP contribution in [0, 0.1) is 0 Å². The molecule has 1 aromatic carbocycles. The number of nitrogens with zero attached hydrogens (tertiary/aromatic N) is 2. The van der Waals surface area contributed by atoms with E-state index in [1.54, 1.807) is 0 Å². The fourth-order valence-electron chi connectivity index (χ4n) is 3.39. The molecule has 0 aliphatic carbocycles. The Hall–Kier alpha value is -1.39. The van der Waals surface area contributed by atoms with Gasteiger partial charge in [-0.05, 0) is 43.7 Å². The highest BCUT2D eigenvalue weighted by atomic mass is 16.1. The zero-order valence-electron chi connectivity index (χ0n) is 13.1. The molecule has 0 bridgehead atoms. The number of hydrogen-bond acceptors (Lipinski definition) is 4. The smallest absolute Gasteiger partial charge is 0.179 e. The van der Waals surface area contributed by atoms with E-state index in [4.69, 9.17) is 0 Å². The summed E-state index contributed by atoms with van der Waals surface area (Å²) in [6.07, 6.45) is 1.92. The molecule has 2 heterocycles. The summed E-state index contributed by atoms with van der Waals surface area (Å²) >= 11 is 0. The number of rotatable bonds is 4. The molecule has 1 saturated heterocycles. The summed E-state index contributed by atoms with van der Waals surface area (Å²) in [5.41, 5.74) is 3.36. The molecular formula is C17H25N3O. The number of piperazine rings is 1. The van der Waals surface area contributed by atoms with Crippen molar-refractivity contribution >= 4 is 11.5 Å². The van der Waals surface area contributed by atoms with Gasteiger partial charge in [0.15, 0.2) is 5.78 Å². The number of ketones is 1. The summed E-state index contributed by atoms with van der Waals surface area (Å²) in [6.45, 7) is 7.20. The van der Waals surface area contributed by atoms with Crippen molar-refractivity contribution in [2.45, 2.75) is 25.8 Å². The van der Waals surface area contributed by atoms with Crippen molar-refractivity contribution in [1.82, 2.24) is 9.80 Å². The lowest BCUT2D eigenvalue weighted by molar-refractivity contribution is 0.0697. The molecule has 1 fully saturated rings. The van der Waals surface area contributed by atoms with E-state index in [0.29, 0.717) is 0 Å². The zero-order chi connectivity index (χ0) is 14.8. The average molecular weight is 287 g/mol. The van der Waals surface area contributed by atoms with Gasteiger partial charge in [-0.15, -0.1) is 0 Å². The summed E-state index contributed by atoms with van der Waals surface area (Å²) in [5.74, 6) is 0.289. The van der Waals surface area contributed by atoms with Gasteiger partial charge in [-0.3, -0.25) is 9.69 Å². The molecule has 21 heavy (non-hydrogen) atoms. The molecule has 114 valence electrons. The van der Waals surface area contributed by atoms with Crippen LogP contribution in [-0.4, -0.2) is 61.4 Å². The topological polar surface area (TPSA) is 35.6 Å². The molecule has 2 aliphatic heterocycles. The van der Waals surface area contributed by atoms with Crippen LogP contribution in [0.3, 0.4) is 0 Å². The van der Waals surface area contributed by atoms with Gasteiger partial charge < -0.3 is 10.2 Å². The maximum Gasteiger partial charge on any atom is 0.179 e. The molecule has 1 N–H and O–H groups in total. The van der Waals surface area contributed by atoms with Gasteiger partial charge in [0.05, 0.1) is 6.04 Å². The third-order valence-electron chi connectivity index (χ3n) is 4.77. The van der Waals surface area contributed by atoms with Crippen LogP contribution in [0.1, 0.15) is 29.3 Å². The first-order valence-electron chi connectivity index (χ1n) is 8.02. The Balaban J connectivity index is 1.76. The van der Waals surface area contributed by atoms with Crippen molar-refractivity contribution in [3.63, 3.8) is 0 Å².